The van der Waals surface area contributed by atoms with Crippen LogP contribution in [0.3, 0.4) is 0 Å². The van der Waals surface area contributed by atoms with Crippen molar-refractivity contribution in [2.24, 2.45) is 11.3 Å². The van der Waals surface area contributed by atoms with Gasteiger partial charge in [-0.25, -0.2) is 8.42 Å². The number of anilines is 1. The molecule has 0 spiro atoms. The first-order valence-corrected chi connectivity index (χ1v) is 17.0. The summed E-state index contributed by atoms with van der Waals surface area (Å²) in [6, 6.07) is 13.7. The molecule has 0 radical (unpaired) electrons. The minimum absolute atomic E-state index is 0.0263. The van der Waals surface area contributed by atoms with Crippen LogP contribution >= 0.6 is 0 Å². The lowest BCUT2D eigenvalue weighted by molar-refractivity contribution is -0.123. The lowest BCUT2D eigenvalue weighted by atomic mass is 9.53. The highest BCUT2D eigenvalue weighted by atomic mass is 32.2. The molecule has 1 amide bonds. The number of carbonyl (C=O) groups is 1. The van der Waals surface area contributed by atoms with Gasteiger partial charge in [0.15, 0.2) is 5.82 Å². The van der Waals surface area contributed by atoms with Crippen LogP contribution in [0.2, 0.25) is 0 Å². The van der Waals surface area contributed by atoms with E-state index < -0.39 is 39.6 Å². The van der Waals surface area contributed by atoms with E-state index in [9.17, 15) is 30.8 Å². The molecule has 0 unspecified atom stereocenters. The Kier molecular flexibility index (Phi) is 8.20. The first-order valence-electron chi connectivity index (χ1n) is 15.2. The number of halogens is 4. The molecule has 242 valence electrons. The standard InChI is InChI=1S/C32H35F4N3O5S/c1-30(35,36)28-37-27(38-44-28)32-14-11-31(12-15-32,13-16-32)20-39(26(40)22-9-17-45(41,42)18-10-22)24-4-2-3-23(19-24)21-5-7-25(8-6-21)43-29(33)34/h2-8,19,22,29H,9-18,20H2,1H3. The molecule has 3 aliphatic carbocycles. The van der Waals surface area contributed by atoms with Crippen molar-refractivity contribution < 1.29 is 40.0 Å². The van der Waals surface area contributed by atoms with Crippen molar-refractivity contribution in [3.8, 4) is 16.9 Å². The molecule has 7 rings (SSSR count). The van der Waals surface area contributed by atoms with Gasteiger partial charge in [-0.15, -0.1) is 0 Å². The van der Waals surface area contributed by atoms with Crippen molar-refractivity contribution in [3.05, 3.63) is 60.2 Å². The van der Waals surface area contributed by atoms with Gasteiger partial charge < -0.3 is 14.2 Å². The first-order chi connectivity index (χ1) is 21.3. The molecule has 4 aliphatic rings. The quantitative estimate of drug-likeness (QED) is 0.233. The number of carbonyl (C=O) groups excluding carboxylic acids is 1. The van der Waals surface area contributed by atoms with Crippen molar-refractivity contribution >= 4 is 21.4 Å². The number of fused-ring (bicyclic) bond motifs is 3. The van der Waals surface area contributed by atoms with Crippen LogP contribution in [0.1, 0.15) is 70.0 Å². The second-order valence-electron chi connectivity index (χ2n) is 12.9. The largest absolute Gasteiger partial charge is 0.435 e. The number of alkyl halides is 4. The highest BCUT2D eigenvalue weighted by Crippen LogP contribution is 2.58. The van der Waals surface area contributed by atoms with E-state index in [-0.39, 0.29) is 41.4 Å². The van der Waals surface area contributed by atoms with Crippen molar-refractivity contribution in [2.75, 3.05) is 23.0 Å². The molecule has 2 aromatic carbocycles. The summed E-state index contributed by atoms with van der Waals surface area (Å²) in [5.74, 6) is -4.14. The molecular weight excluding hydrogens is 614 g/mol. The second kappa shape index (κ2) is 11.7. The fraction of sp³-hybridized carbons (Fsp3) is 0.531. The van der Waals surface area contributed by atoms with E-state index in [1.165, 1.54) is 12.1 Å². The number of hydrogen-bond acceptors (Lipinski definition) is 7. The van der Waals surface area contributed by atoms with E-state index in [1.807, 2.05) is 24.3 Å². The summed E-state index contributed by atoms with van der Waals surface area (Å²) in [6.07, 6.45) is 4.80. The average molecular weight is 650 g/mol. The molecular formula is C32H35F4N3O5S. The molecule has 1 saturated heterocycles. The van der Waals surface area contributed by atoms with Crippen LogP contribution in [0.4, 0.5) is 23.2 Å². The van der Waals surface area contributed by atoms with E-state index >= 15 is 0 Å². The summed E-state index contributed by atoms with van der Waals surface area (Å²) >= 11 is 0. The maximum absolute atomic E-state index is 14.2. The highest BCUT2D eigenvalue weighted by molar-refractivity contribution is 7.91. The second-order valence-corrected chi connectivity index (χ2v) is 15.2. The molecule has 4 fully saturated rings. The number of ether oxygens (including phenoxy) is 1. The Labute approximate surface area is 259 Å². The Bertz CT molecular complexity index is 1620. The maximum Gasteiger partial charge on any atom is 0.387 e. The predicted molar refractivity (Wildman–Crippen MR) is 158 cm³/mol. The molecule has 45 heavy (non-hydrogen) atoms. The fourth-order valence-corrected chi connectivity index (χ4v) is 8.62. The van der Waals surface area contributed by atoms with E-state index in [2.05, 4.69) is 14.9 Å². The van der Waals surface area contributed by atoms with E-state index in [0.717, 1.165) is 37.3 Å². The van der Waals surface area contributed by atoms with Crippen LogP contribution in [0.25, 0.3) is 11.1 Å². The summed E-state index contributed by atoms with van der Waals surface area (Å²) in [4.78, 5) is 20.0. The molecule has 0 N–H and O–H groups in total. The highest BCUT2D eigenvalue weighted by Gasteiger charge is 2.53. The van der Waals surface area contributed by atoms with Gasteiger partial charge in [0.05, 0.1) is 11.5 Å². The van der Waals surface area contributed by atoms with Gasteiger partial charge in [0.2, 0.25) is 5.91 Å². The Balaban J connectivity index is 1.26. The zero-order chi connectivity index (χ0) is 32.0. The summed E-state index contributed by atoms with van der Waals surface area (Å²) in [7, 11) is -3.17. The minimum atomic E-state index is -3.22. The monoisotopic (exact) mass is 649 g/mol. The summed E-state index contributed by atoms with van der Waals surface area (Å²) in [5.41, 5.74) is 1.55. The van der Waals surface area contributed by atoms with Gasteiger partial charge in [-0.3, -0.25) is 4.79 Å². The number of nitrogens with zero attached hydrogens (tertiary/aromatic N) is 3. The zero-order valence-electron chi connectivity index (χ0n) is 24.9. The van der Waals surface area contributed by atoms with Crippen molar-refractivity contribution in [1.82, 2.24) is 10.1 Å². The number of hydrogen-bond donors (Lipinski definition) is 0. The Hall–Kier alpha value is -3.48. The van der Waals surface area contributed by atoms with Gasteiger partial charge in [-0.2, -0.15) is 22.5 Å². The average Bonchev–Trinajstić information content (AvgIpc) is 3.53. The molecule has 2 heterocycles. The van der Waals surface area contributed by atoms with E-state index in [1.54, 1.807) is 17.0 Å². The lowest BCUT2D eigenvalue weighted by Crippen LogP contribution is -2.52. The molecule has 2 bridgehead atoms. The van der Waals surface area contributed by atoms with Gasteiger partial charge in [-0.1, -0.05) is 29.4 Å². The third-order valence-electron chi connectivity index (χ3n) is 9.91. The van der Waals surface area contributed by atoms with Crippen molar-refractivity contribution in [2.45, 2.75) is 76.2 Å². The fourth-order valence-electron chi connectivity index (χ4n) is 7.12. The zero-order valence-corrected chi connectivity index (χ0v) is 25.7. The van der Waals surface area contributed by atoms with Gasteiger partial charge in [0, 0.05) is 30.5 Å². The number of rotatable bonds is 9. The third kappa shape index (κ3) is 6.59. The van der Waals surface area contributed by atoms with Crippen LogP contribution in [0.5, 0.6) is 5.75 Å². The summed E-state index contributed by atoms with van der Waals surface area (Å²) < 4.78 is 86.5. The molecule has 8 nitrogen and oxygen atoms in total. The van der Waals surface area contributed by atoms with Gasteiger partial charge in [0.1, 0.15) is 15.6 Å². The number of benzene rings is 2. The van der Waals surface area contributed by atoms with Crippen LogP contribution < -0.4 is 9.64 Å². The van der Waals surface area contributed by atoms with Gasteiger partial charge in [0.25, 0.3) is 5.89 Å². The van der Waals surface area contributed by atoms with Crippen LogP contribution in [0, 0.1) is 11.3 Å². The molecule has 1 aliphatic heterocycles. The number of aromatic nitrogens is 2. The van der Waals surface area contributed by atoms with Gasteiger partial charge in [-0.05, 0) is 92.2 Å². The molecule has 13 heteroatoms. The maximum atomic E-state index is 14.2. The Morgan fingerprint density at radius 1 is 1.02 bits per heavy atom. The normalized spacial score (nSPS) is 24.9. The SMILES string of the molecule is CC(F)(F)c1nc(C23CCC(CN(C(=O)C4CCS(=O)(=O)CC4)c4cccc(-c5ccc(OC(F)F)cc5)c4)(CC2)CC3)no1. The van der Waals surface area contributed by atoms with Crippen LogP contribution in [-0.4, -0.2) is 49.1 Å². The van der Waals surface area contributed by atoms with Crippen LogP contribution in [-0.2, 0) is 26.0 Å². The molecule has 3 saturated carbocycles. The molecule has 1 aromatic heterocycles. The Morgan fingerprint density at radius 3 is 2.24 bits per heavy atom. The number of sulfone groups is 1. The third-order valence-corrected chi connectivity index (χ3v) is 11.6. The first kappa shape index (κ1) is 31.5. The van der Waals surface area contributed by atoms with Crippen molar-refractivity contribution in [1.29, 1.82) is 0 Å². The van der Waals surface area contributed by atoms with Gasteiger partial charge >= 0.3 is 12.5 Å². The van der Waals surface area contributed by atoms with E-state index in [0.29, 0.717) is 37.3 Å². The molecule has 0 atom stereocenters. The summed E-state index contributed by atoms with van der Waals surface area (Å²) in [6.45, 7) is -1.77. The minimum Gasteiger partial charge on any atom is -0.435 e. The molecule has 3 aromatic rings. The predicted octanol–water partition coefficient (Wildman–Crippen LogP) is 6.90. The lowest BCUT2D eigenvalue weighted by Gasteiger charge is -2.53. The number of amides is 1. The van der Waals surface area contributed by atoms with Crippen LogP contribution in [0.15, 0.2) is 53.1 Å². The Morgan fingerprint density at radius 2 is 1.67 bits per heavy atom. The van der Waals surface area contributed by atoms with Crippen molar-refractivity contribution in [3.63, 3.8) is 0 Å². The van der Waals surface area contributed by atoms with E-state index in [4.69, 9.17) is 4.52 Å². The smallest absolute Gasteiger partial charge is 0.387 e. The topological polar surface area (TPSA) is 103 Å². The summed E-state index contributed by atoms with van der Waals surface area (Å²) in [5, 5.41) is 3.94.